The van der Waals surface area contributed by atoms with Gasteiger partial charge in [-0.05, 0) is 25.5 Å². The molecular weight excluding hydrogens is 282 g/mol. The van der Waals surface area contributed by atoms with Gasteiger partial charge < -0.3 is 10.6 Å². The normalized spacial score (nSPS) is 22.7. The first kappa shape index (κ1) is 13.1. The van der Waals surface area contributed by atoms with E-state index in [1.807, 2.05) is 29.2 Å². The van der Waals surface area contributed by atoms with E-state index in [4.69, 9.17) is 5.73 Å². The number of nitrogens with zero attached hydrogens (tertiary/aromatic N) is 2. The minimum Gasteiger partial charge on any atom is -0.397 e. The van der Waals surface area contributed by atoms with Crippen LogP contribution in [0.1, 0.15) is 22.5 Å². The van der Waals surface area contributed by atoms with Gasteiger partial charge in [0.1, 0.15) is 4.88 Å². The van der Waals surface area contributed by atoms with Crippen LogP contribution >= 0.6 is 11.3 Å². The van der Waals surface area contributed by atoms with E-state index in [9.17, 15) is 4.79 Å². The molecule has 0 spiro atoms. The molecule has 2 aliphatic heterocycles. The van der Waals surface area contributed by atoms with Crippen LogP contribution in [0, 0.1) is 0 Å². The highest BCUT2D eigenvalue weighted by molar-refractivity contribution is 7.21. The van der Waals surface area contributed by atoms with Crippen molar-refractivity contribution in [2.75, 3.05) is 31.9 Å². The Kier molecular flexibility index (Phi) is 3.12. The van der Waals surface area contributed by atoms with Crippen molar-refractivity contribution in [1.29, 1.82) is 0 Å². The number of fused-ring (bicyclic) bond motifs is 2. The minimum absolute atomic E-state index is 0.111. The topological polar surface area (TPSA) is 49.6 Å². The molecule has 0 radical (unpaired) electrons. The number of carbonyl (C=O) groups is 1. The van der Waals surface area contributed by atoms with E-state index in [-0.39, 0.29) is 5.91 Å². The van der Waals surface area contributed by atoms with Crippen molar-refractivity contribution < 1.29 is 4.79 Å². The summed E-state index contributed by atoms with van der Waals surface area (Å²) in [5, 5.41) is 1.00. The van der Waals surface area contributed by atoms with Gasteiger partial charge in [-0.3, -0.25) is 9.69 Å². The summed E-state index contributed by atoms with van der Waals surface area (Å²) in [5.74, 6) is 0.111. The first-order valence-corrected chi connectivity index (χ1v) is 8.36. The molecule has 2 aromatic rings. The molecule has 4 rings (SSSR count). The lowest BCUT2D eigenvalue weighted by molar-refractivity contribution is 0.0577. The van der Waals surface area contributed by atoms with Crippen molar-refractivity contribution in [3.05, 3.63) is 29.1 Å². The molecule has 3 heterocycles. The van der Waals surface area contributed by atoms with E-state index < -0.39 is 0 Å². The van der Waals surface area contributed by atoms with Crippen LogP contribution < -0.4 is 5.73 Å². The van der Waals surface area contributed by atoms with Gasteiger partial charge in [-0.15, -0.1) is 11.3 Å². The highest BCUT2D eigenvalue weighted by Gasteiger charge is 2.33. The molecule has 2 N–H and O–H groups in total. The van der Waals surface area contributed by atoms with Crippen molar-refractivity contribution in [2.24, 2.45) is 0 Å². The van der Waals surface area contributed by atoms with Gasteiger partial charge in [0, 0.05) is 35.8 Å². The molecule has 5 heteroatoms. The number of nitrogen functional groups attached to an aromatic ring is 1. The van der Waals surface area contributed by atoms with Crippen LogP contribution in [-0.2, 0) is 0 Å². The fourth-order valence-corrected chi connectivity index (χ4v) is 4.63. The molecule has 2 aliphatic rings. The Morgan fingerprint density at radius 3 is 2.95 bits per heavy atom. The predicted octanol–water partition coefficient (Wildman–Crippen LogP) is 2.40. The van der Waals surface area contributed by atoms with Crippen LogP contribution in [-0.4, -0.2) is 47.9 Å². The average molecular weight is 301 g/mol. The summed E-state index contributed by atoms with van der Waals surface area (Å²) < 4.78 is 1.10. The third-order valence-electron chi connectivity index (χ3n) is 4.70. The van der Waals surface area contributed by atoms with E-state index in [1.165, 1.54) is 30.7 Å². The van der Waals surface area contributed by atoms with Crippen LogP contribution in [0.5, 0.6) is 0 Å². The Labute approximate surface area is 128 Å². The molecule has 1 atom stereocenters. The maximum absolute atomic E-state index is 12.8. The number of rotatable bonds is 1. The lowest BCUT2D eigenvalue weighted by Crippen LogP contribution is -2.52. The molecule has 110 valence electrons. The van der Waals surface area contributed by atoms with Crippen LogP contribution in [0.3, 0.4) is 0 Å². The number of carbonyl (C=O) groups excluding carboxylic acids is 1. The fourth-order valence-electron chi connectivity index (χ4n) is 3.54. The zero-order valence-electron chi connectivity index (χ0n) is 11.9. The summed E-state index contributed by atoms with van der Waals surface area (Å²) in [6.45, 7) is 3.87. The number of benzene rings is 1. The second-order valence-corrected chi connectivity index (χ2v) is 6.98. The average Bonchev–Trinajstić information content (AvgIpc) is 3.11. The maximum atomic E-state index is 12.8. The number of anilines is 1. The van der Waals surface area contributed by atoms with Crippen molar-refractivity contribution in [3.63, 3.8) is 0 Å². The lowest BCUT2D eigenvalue weighted by atomic mass is 10.1. The molecule has 4 nitrogen and oxygen atoms in total. The third kappa shape index (κ3) is 2.12. The summed E-state index contributed by atoms with van der Waals surface area (Å²) in [4.78, 5) is 18.0. The van der Waals surface area contributed by atoms with Gasteiger partial charge in [0.05, 0.1) is 5.69 Å². The molecular formula is C16H19N3OS. The maximum Gasteiger partial charge on any atom is 0.266 e. The molecule has 2 saturated heterocycles. The smallest absolute Gasteiger partial charge is 0.266 e. The minimum atomic E-state index is 0.111. The lowest BCUT2D eigenvalue weighted by Gasteiger charge is -2.37. The van der Waals surface area contributed by atoms with Crippen LogP contribution in [0.2, 0.25) is 0 Å². The van der Waals surface area contributed by atoms with Gasteiger partial charge in [-0.25, -0.2) is 0 Å². The highest BCUT2D eigenvalue weighted by Crippen LogP contribution is 2.35. The Bertz CT molecular complexity index is 696. The van der Waals surface area contributed by atoms with Crippen LogP contribution in [0.25, 0.3) is 10.1 Å². The van der Waals surface area contributed by atoms with Gasteiger partial charge in [0.2, 0.25) is 0 Å². The number of piperazine rings is 1. The van der Waals surface area contributed by atoms with E-state index >= 15 is 0 Å². The summed E-state index contributed by atoms with van der Waals surface area (Å²) in [7, 11) is 0. The number of nitrogens with two attached hydrogens (primary N) is 1. The van der Waals surface area contributed by atoms with E-state index in [0.717, 1.165) is 29.7 Å². The molecule has 1 aromatic heterocycles. The van der Waals surface area contributed by atoms with Crippen molar-refractivity contribution in [3.8, 4) is 0 Å². The van der Waals surface area contributed by atoms with Crippen molar-refractivity contribution in [2.45, 2.75) is 18.9 Å². The zero-order chi connectivity index (χ0) is 14.4. The molecule has 0 aliphatic carbocycles. The third-order valence-corrected chi connectivity index (χ3v) is 5.88. The Balaban J connectivity index is 1.62. The van der Waals surface area contributed by atoms with Gasteiger partial charge >= 0.3 is 0 Å². The number of hydrogen-bond donors (Lipinski definition) is 1. The van der Waals surface area contributed by atoms with Gasteiger partial charge in [0.15, 0.2) is 0 Å². The molecule has 21 heavy (non-hydrogen) atoms. The molecule has 0 saturated carbocycles. The summed E-state index contributed by atoms with van der Waals surface area (Å²) in [5.41, 5.74) is 6.85. The molecule has 1 amide bonds. The summed E-state index contributed by atoms with van der Waals surface area (Å²) in [6.07, 6.45) is 2.48. The van der Waals surface area contributed by atoms with Crippen LogP contribution in [0.15, 0.2) is 24.3 Å². The molecule has 2 fully saturated rings. The van der Waals surface area contributed by atoms with Crippen LogP contribution in [0.4, 0.5) is 5.69 Å². The number of hydrogen-bond acceptors (Lipinski definition) is 4. The monoisotopic (exact) mass is 301 g/mol. The Morgan fingerprint density at radius 1 is 1.24 bits per heavy atom. The number of thiophene rings is 1. The van der Waals surface area contributed by atoms with Gasteiger partial charge in [-0.2, -0.15) is 0 Å². The zero-order valence-corrected chi connectivity index (χ0v) is 12.7. The quantitative estimate of drug-likeness (QED) is 0.880. The van der Waals surface area contributed by atoms with E-state index in [1.54, 1.807) is 0 Å². The largest absolute Gasteiger partial charge is 0.397 e. The second kappa shape index (κ2) is 5.00. The highest BCUT2D eigenvalue weighted by atomic mass is 32.1. The standard InChI is InChI=1S/C16H19N3OS/c17-14-12-5-1-2-6-13(12)21-15(14)16(20)19-9-8-18-7-3-4-11(18)10-19/h1-2,5-6,11H,3-4,7-10,17H2. The van der Waals surface area contributed by atoms with Crippen molar-refractivity contribution in [1.82, 2.24) is 9.80 Å². The van der Waals surface area contributed by atoms with Gasteiger partial charge in [0.25, 0.3) is 5.91 Å². The molecule has 1 unspecified atom stereocenters. The Morgan fingerprint density at radius 2 is 2.10 bits per heavy atom. The SMILES string of the molecule is Nc1c(C(=O)N2CCN3CCCC3C2)sc2ccccc12. The summed E-state index contributed by atoms with van der Waals surface area (Å²) >= 11 is 1.52. The van der Waals surface area contributed by atoms with E-state index in [0.29, 0.717) is 16.6 Å². The predicted molar refractivity (Wildman–Crippen MR) is 86.7 cm³/mol. The first-order valence-electron chi connectivity index (χ1n) is 7.54. The van der Waals surface area contributed by atoms with Gasteiger partial charge in [-0.1, -0.05) is 18.2 Å². The van der Waals surface area contributed by atoms with Crippen molar-refractivity contribution >= 4 is 33.0 Å². The Hall–Kier alpha value is -1.59. The molecule has 0 bridgehead atoms. The van der Waals surface area contributed by atoms with E-state index in [2.05, 4.69) is 4.90 Å². The second-order valence-electron chi connectivity index (χ2n) is 5.92. The fraction of sp³-hybridized carbons (Fsp3) is 0.438. The summed E-state index contributed by atoms with van der Waals surface area (Å²) in [6, 6.07) is 8.54. The molecule has 1 aromatic carbocycles. The first-order chi connectivity index (χ1) is 10.2. The number of amides is 1.